The van der Waals surface area contributed by atoms with Crippen molar-refractivity contribution < 1.29 is 16.8 Å². The average Bonchev–Trinajstić information content (AvgIpc) is 2.38. The van der Waals surface area contributed by atoms with E-state index in [1.807, 2.05) is 0 Å². The molecule has 1 saturated heterocycles. The molecule has 0 aromatic rings. The first-order chi connectivity index (χ1) is 9.19. The second-order valence-electron chi connectivity index (χ2n) is 5.18. The van der Waals surface area contributed by atoms with E-state index in [2.05, 4.69) is 11.8 Å². The molecule has 0 radical (unpaired) electrons. The highest BCUT2D eigenvalue weighted by Gasteiger charge is 2.29. The van der Waals surface area contributed by atoms with Crippen LogP contribution < -0.4 is 5.73 Å². The quantitative estimate of drug-likeness (QED) is 0.625. The van der Waals surface area contributed by atoms with Gasteiger partial charge in [0, 0.05) is 45.0 Å². The zero-order valence-corrected chi connectivity index (χ0v) is 13.8. The highest BCUT2D eigenvalue weighted by Crippen LogP contribution is 2.12. The molecule has 9 heteroatoms. The van der Waals surface area contributed by atoms with Gasteiger partial charge in [-0.2, -0.15) is 4.31 Å². The van der Waals surface area contributed by atoms with Crippen LogP contribution in [-0.2, 0) is 19.9 Å². The number of sulfone groups is 1. The van der Waals surface area contributed by atoms with Crippen molar-refractivity contribution in [3.8, 4) is 0 Å². The summed E-state index contributed by atoms with van der Waals surface area (Å²) in [6.07, 6.45) is 1.99. The number of hydrogen-bond donors (Lipinski definition) is 1. The van der Waals surface area contributed by atoms with E-state index in [1.165, 1.54) is 4.31 Å². The van der Waals surface area contributed by atoms with Crippen LogP contribution in [0.25, 0.3) is 0 Å². The second-order valence-corrected chi connectivity index (χ2v) is 9.53. The minimum absolute atomic E-state index is 0.288. The molecule has 0 saturated carbocycles. The number of sulfonamides is 1. The Morgan fingerprint density at radius 2 is 1.60 bits per heavy atom. The highest BCUT2D eigenvalue weighted by atomic mass is 32.2. The maximum Gasteiger partial charge on any atom is 0.215 e. The molecule has 7 nitrogen and oxygen atoms in total. The molecule has 1 rings (SSSR count). The van der Waals surface area contributed by atoms with E-state index in [0.717, 1.165) is 12.7 Å². The SMILES string of the molecule is CCC(CN)N1CCN(S(=O)(=O)CCS(C)(=O)=O)CC1. The molecule has 1 fully saturated rings. The Labute approximate surface area is 122 Å². The van der Waals surface area contributed by atoms with Gasteiger partial charge in [-0.15, -0.1) is 0 Å². The number of hydrogen-bond acceptors (Lipinski definition) is 6. The summed E-state index contributed by atoms with van der Waals surface area (Å²) in [7, 11) is -6.74. The Kier molecular flexibility index (Phi) is 6.39. The molecule has 0 amide bonds. The van der Waals surface area contributed by atoms with Crippen LogP contribution in [0.5, 0.6) is 0 Å². The minimum Gasteiger partial charge on any atom is -0.329 e. The lowest BCUT2D eigenvalue weighted by molar-refractivity contribution is 0.137. The number of nitrogens with zero attached hydrogens (tertiary/aromatic N) is 2. The van der Waals surface area contributed by atoms with Gasteiger partial charge in [0.15, 0.2) is 0 Å². The summed E-state index contributed by atoms with van der Waals surface area (Å²) in [5.74, 6) is -0.657. The monoisotopic (exact) mass is 327 g/mol. The van der Waals surface area contributed by atoms with Gasteiger partial charge in [-0.25, -0.2) is 16.8 Å². The zero-order chi connectivity index (χ0) is 15.4. The first kappa shape index (κ1) is 17.8. The number of rotatable bonds is 7. The van der Waals surface area contributed by atoms with Crippen molar-refractivity contribution in [3.63, 3.8) is 0 Å². The molecule has 0 aromatic heterocycles. The lowest BCUT2D eigenvalue weighted by Gasteiger charge is -2.38. The van der Waals surface area contributed by atoms with E-state index >= 15 is 0 Å². The normalized spacial score (nSPS) is 20.9. The Bertz CT molecular complexity index is 492. The molecule has 1 aliphatic heterocycles. The summed E-state index contributed by atoms with van der Waals surface area (Å²) >= 11 is 0. The summed E-state index contributed by atoms with van der Waals surface area (Å²) in [4.78, 5) is 2.20. The predicted octanol–water partition coefficient (Wildman–Crippen LogP) is -1.28. The molecule has 2 N–H and O–H groups in total. The lowest BCUT2D eigenvalue weighted by atomic mass is 10.1. The molecule has 0 aliphatic carbocycles. The van der Waals surface area contributed by atoms with E-state index in [-0.39, 0.29) is 17.5 Å². The molecule has 1 aliphatic rings. The Hall–Kier alpha value is -0.220. The third kappa shape index (κ3) is 5.28. The zero-order valence-electron chi connectivity index (χ0n) is 12.2. The summed E-state index contributed by atoms with van der Waals surface area (Å²) in [6, 6.07) is 0.288. The van der Waals surface area contributed by atoms with E-state index in [1.54, 1.807) is 0 Å². The van der Waals surface area contributed by atoms with Crippen molar-refractivity contribution in [1.29, 1.82) is 0 Å². The number of nitrogens with two attached hydrogens (primary N) is 1. The molecule has 120 valence electrons. The highest BCUT2D eigenvalue weighted by molar-refractivity contribution is 7.93. The van der Waals surface area contributed by atoms with Crippen LogP contribution in [0.4, 0.5) is 0 Å². The topological polar surface area (TPSA) is 101 Å². The first-order valence-corrected chi connectivity index (χ1v) is 10.5. The fourth-order valence-corrected chi connectivity index (χ4v) is 5.34. The van der Waals surface area contributed by atoms with Crippen molar-refractivity contribution >= 4 is 19.9 Å². The van der Waals surface area contributed by atoms with Crippen molar-refractivity contribution in [1.82, 2.24) is 9.21 Å². The van der Waals surface area contributed by atoms with Crippen LogP contribution in [0.2, 0.25) is 0 Å². The molecule has 1 unspecified atom stereocenters. The number of piperazine rings is 1. The van der Waals surface area contributed by atoms with E-state index in [4.69, 9.17) is 5.73 Å². The molecular weight excluding hydrogens is 302 g/mol. The average molecular weight is 327 g/mol. The Morgan fingerprint density at radius 3 is 2.00 bits per heavy atom. The Morgan fingerprint density at radius 1 is 1.05 bits per heavy atom. The molecular formula is C11H25N3O4S2. The van der Waals surface area contributed by atoms with Gasteiger partial charge in [0.1, 0.15) is 9.84 Å². The van der Waals surface area contributed by atoms with Gasteiger partial charge in [-0.1, -0.05) is 6.92 Å². The van der Waals surface area contributed by atoms with Gasteiger partial charge >= 0.3 is 0 Å². The molecule has 1 heterocycles. The third-order valence-corrected chi connectivity index (χ3v) is 6.71. The van der Waals surface area contributed by atoms with Gasteiger partial charge in [-0.3, -0.25) is 4.90 Å². The van der Waals surface area contributed by atoms with Crippen molar-refractivity contribution in [2.75, 3.05) is 50.5 Å². The smallest absolute Gasteiger partial charge is 0.215 e. The van der Waals surface area contributed by atoms with E-state index in [0.29, 0.717) is 32.7 Å². The Balaban J connectivity index is 2.56. The van der Waals surface area contributed by atoms with Crippen LogP contribution in [0.15, 0.2) is 0 Å². The van der Waals surface area contributed by atoms with Crippen LogP contribution >= 0.6 is 0 Å². The molecule has 0 aromatic carbocycles. The summed E-state index contributed by atoms with van der Waals surface area (Å²) < 4.78 is 47.7. The van der Waals surface area contributed by atoms with Gasteiger partial charge in [-0.05, 0) is 6.42 Å². The molecule has 20 heavy (non-hydrogen) atoms. The van der Waals surface area contributed by atoms with Crippen molar-refractivity contribution in [3.05, 3.63) is 0 Å². The molecule has 0 spiro atoms. The van der Waals surface area contributed by atoms with E-state index in [9.17, 15) is 16.8 Å². The van der Waals surface area contributed by atoms with Gasteiger partial charge < -0.3 is 5.73 Å². The summed E-state index contributed by atoms with van der Waals surface area (Å²) in [5.41, 5.74) is 5.69. The summed E-state index contributed by atoms with van der Waals surface area (Å²) in [5, 5.41) is 0. The third-order valence-electron chi connectivity index (χ3n) is 3.64. The van der Waals surface area contributed by atoms with Crippen molar-refractivity contribution in [2.24, 2.45) is 5.73 Å². The van der Waals surface area contributed by atoms with Crippen LogP contribution in [-0.4, -0.2) is 82.6 Å². The van der Waals surface area contributed by atoms with Gasteiger partial charge in [0.2, 0.25) is 10.0 Å². The van der Waals surface area contributed by atoms with Crippen LogP contribution in [0.1, 0.15) is 13.3 Å². The fraction of sp³-hybridized carbons (Fsp3) is 1.00. The standard InChI is InChI=1S/C11H25N3O4S2/c1-3-11(10-12)13-4-6-14(7-5-13)20(17,18)9-8-19(2,15)16/h11H,3-10,12H2,1-2H3. The summed E-state index contributed by atoms with van der Waals surface area (Å²) in [6.45, 7) is 4.73. The second kappa shape index (κ2) is 7.17. The lowest BCUT2D eigenvalue weighted by Crippen LogP contribution is -2.54. The largest absolute Gasteiger partial charge is 0.329 e. The minimum atomic E-state index is -3.48. The van der Waals surface area contributed by atoms with Gasteiger partial charge in [0.25, 0.3) is 0 Å². The first-order valence-electron chi connectivity index (χ1n) is 6.79. The van der Waals surface area contributed by atoms with Crippen molar-refractivity contribution in [2.45, 2.75) is 19.4 Å². The van der Waals surface area contributed by atoms with Gasteiger partial charge in [0.05, 0.1) is 11.5 Å². The fourth-order valence-electron chi connectivity index (χ4n) is 2.31. The maximum atomic E-state index is 12.1. The van der Waals surface area contributed by atoms with Crippen LogP contribution in [0.3, 0.4) is 0 Å². The predicted molar refractivity (Wildman–Crippen MR) is 79.8 cm³/mol. The van der Waals surface area contributed by atoms with Crippen LogP contribution in [0, 0.1) is 0 Å². The van der Waals surface area contributed by atoms with E-state index < -0.39 is 19.9 Å². The molecule has 1 atom stereocenters. The maximum absolute atomic E-state index is 12.1. The molecule has 0 bridgehead atoms.